The van der Waals surface area contributed by atoms with Crippen molar-refractivity contribution >= 4 is 24.0 Å². The molecule has 16 heavy (non-hydrogen) atoms. The van der Waals surface area contributed by atoms with Crippen LogP contribution in [-0.2, 0) is 4.79 Å². The molecular formula is C11H17ClN2O2. The Labute approximate surface area is 101 Å². The minimum atomic E-state index is -0.536. The molecule has 0 aromatic heterocycles. The van der Waals surface area contributed by atoms with Gasteiger partial charge in [-0.05, 0) is 31.0 Å². The SMILES string of the molecule is CCC(N)C(=O)Nc1ccc(C)cc1O.Cl. The smallest absolute Gasteiger partial charge is 0.241 e. The first-order chi connectivity index (χ1) is 7.04. The first-order valence-electron chi connectivity index (χ1n) is 4.90. The predicted molar refractivity (Wildman–Crippen MR) is 67.0 cm³/mol. The van der Waals surface area contributed by atoms with Gasteiger partial charge in [0.15, 0.2) is 0 Å². The number of anilines is 1. The van der Waals surface area contributed by atoms with Crippen molar-refractivity contribution in [1.29, 1.82) is 0 Å². The van der Waals surface area contributed by atoms with Gasteiger partial charge in [-0.15, -0.1) is 12.4 Å². The van der Waals surface area contributed by atoms with E-state index in [2.05, 4.69) is 5.32 Å². The maximum absolute atomic E-state index is 11.4. The van der Waals surface area contributed by atoms with Gasteiger partial charge in [-0.1, -0.05) is 13.0 Å². The number of phenolic OH excluding ortho intramolecular Hbond substituents is 1. The third-order valence-corrected chi connectivity index (χ3v) is 2.19. The van der Waals surface area contributed by atoms with Crippen LogP contribution in [0.3, 0.4) is 0 Å². The van der Waals surface area contributed by atoms with E-state index in [0.717, 1.165) is 5.56 Å². The van der Waals surface area contributed by atoms with Gasteiger partial charge in [0.25, 0.3) is 0 Å². The Kier molecular flexibility index (Phi) is 5.85. The minimum Gasteiger partial charge on any atom is -0.506 e. The molecule has 90 valence electrons. The van der Waals surface area contributed by atoms with Gasteiger partial charge >= 0.3 is 0 Å². The molecule has 0 spiro atoms. The topological polar surface area (TPSA) is 75.4 Å². The summed E-state index contributed by atoms with van der Waals surface area (Å²) in [5.41, 5.74) is 6.88. The van der Waals surface area contributed by atoms with Crippen LogP contribution in [0.2, 0.25) is 0 Å². The molecule has 0 bridgehead atoms. The lowest BCUT2D eigenvalue weighted by molar-refractivity contribution is -0.117. The highest BCUT2D eigenvalue weighted by atomic mass is 35.5. The number of phenols is 1. The summed E-state index contributed by atoms with van der Waals surface area (Å²) in [5, 5.41) is 12.1. The summed E-state index contributed by atoms with van der Waals surface area (Å²) in [6, 6.07) is 4.52. The first kappa shape index (κ1) is 14.7. The highest BCUT2D eigenvalue weighted by Crippen LogP contribution is 2.23. The average molecular weight is 245 g/mol. The zero-order valence-electron chi connectivity index (χ0n) is 9.36. The van der Waals surface area contributed by atoms with Crippen molar-refractivity contribution in [2.75, 3.05) is 5.32 Å². The van der Waals surface area contributed by atoms with Crippen LogP contribution in [0.5, 0.6) is 5.75 Å². The number of nitrogens with one attached hydrogen (secondary N) is 1. The fraction of sp³-hybridized carbons (Fsp3) is 0.364. The standard InChI is InChI=1S/C11H16N2O2.ClH/c1-3-8(12)11(15)13-9-5-4-7(2)6-10(9)14;/h4-6,8,14H,3,12H2,1-2H3,(H,13,15);1H. The normalized spacial score (nSPS) is 11.4. The Morgan fingerprint density at radius 1 is 1.56 bits per heavy atom. The molecule has 1 aromatic rings. The highest BCUT2D eigenvalue weighted by Gasteiger charge is 2.12. The Hall–Kier alpha value is -1.26. The molecule has 1 unspecified atom stereocenters. The molecule has 0 aliphatic carbocycles. The number of amides is 1. The van der Waals surface area contributed by atoms with Gasteiger partial charge in [-0.2, -0.15) is 0 Å². The van der Waals surface area contributed by atoms with Crippen LogP contribution >= 0.6 is 12.4 Å². The number of aryl methyl sites for hydroxylation is 1. The van der Waals surface area contributed by atoms with E-state index in [-0.39, 0.29) is 24.1 Å². The second kappa shape index (κ2) is 6.35. The number of hydrogen-bond acceptors (Lipinski definition) is 3. The van der Waals surface area contributed by atoms with Crippen molar-refractivity contribution in [2.45, 2.75) is 26.3 Å². The third kappa shape index (κ3) is 3.72. The quantitative estimate of drug-likeness (QED) is 0.710. The number of aromatic hydroxyl groups is 1. The molecule has 0 saturated carbocycles. The van der Waals surface area contributed by atoms with Crippen LogP contribution in [0, 0.1) is 6.92 Å². The van der Waals surface area contributed by atoms with E-state index in [1.54, 1.807) is 12.1 Å². The average Bonchev–Trinajstić information content (AvgIpc) is 2.20. The molecular weight excluding hydrogens is 228 g/mol. The van der Waals surface area contributed by atoms with Crippen LogP contribution < -0.4 is 11.1 Å². The molecule has 4 N–H and O–H groups in total. The fourth-order valence-corrected chi connectivity index (χ4v) is 1.16. The van der Waals surface area contributed by atoms with E-state index in [9.17, 15) is 9.90 Å². The van der Waals surface area contributed by atoms with Gasteiger partial charge in [0.05, 0.1) is 11.7 Å². The summed E-state index contributed by atoms with van der Waals surface area (Å²) in [4.78, 5) is 11.4. The lowest BCUT2D eigenvalue weighted by atomic mass is 10.2. The lowest BCUT2D eigenvalue weighted by Gasteiger charge is -2.11. The summed E-state index contributed by atoms with van der Waals surface area (Å²) in [6.45, 7) is 3.70. The number of carbonyl (C=O) groups excluding carboxylic acids is 1. The molecule has 0 saturated heterocycles. The predicted octanol–water partition coefficient (Wildman–Crippen LogP) is 1.80. The summed E-state index contributed by atoms with van der Waals surface area (Å²) in [6.07, 6.45) is 0.568. The Morgan fingerprint density at radius 3 is 2.69 bits per heavy atom. The molecule has 0 aliphatic rings. The van der Waals surface area contributed by atoms with Crippen molar-refractivity contribution in [2.24, 2.45) is 5.73 Å². The molecule has 0 heterocycles. The summed E-state index contributed by atoms with van der Waals surface area (Å²) in [5.74, 6) is -0.219. The molecule has 4 nitrogen and oxygen atoms in total. The Balaban J connectivity index is 0.00000225. The molecule has 0 aliphatic heterocycles. The number of carbonyl (C=O) groups is 1. The summed E-state index contributed by atoms with van der Waals surface area (Å²) < 4.78 is 0. The van der Waals surface area contributed by atoms with E-state index in [1.165, 1.54) is 0 Å². The lowest BCUT2D eigenvalue weighted by Crippen LogP contribution is -2.34. The number of benzene rings is 1. The van der Waals surface area contributed by atoms with Gasteiger partial charge in [0.2, 0.25) is 5.91 Å². The van der Waals surface area contributed by atoms with Crippen molar-refractivity contribution in [3.63, 3.8) is 0 Å². The van der Waals surface area contributed by atoms with Crippen LogP contribution in [0.4, 0.5) is 5.69 Å². The van der Waals surface area contributed by atoms with E-state index in [4.69, 9.17) is 5.73 Å². The molecule has 0 fully saturated rings. The van der Waals surface area contributed by atoms with Crippen molar-refractivity contribution in [1.82, 2.24) is 0 Å². The van der Waals surface area contributed by atoms with E-state index < -0.39 is 6.04 Å². The second-order valence-corrected chi connectivity index (χ2v) is 3.52. The van der Waals surface area contributed by atoms with E-state index >= 15 is 0 Å². The second-order valence-electron chi connectivity index (χ2n) is 3.52. The summed E-state index contributed by atoms with van der Waals surface area (Å²) >= 11 is 0. The maximum Gasteiger partial charge on any atom is 0.241 e. The van der Waals surface area contributed by atoms with Gasteiger partial charge in [0.1, 0.15) is 5.75 Å². The van der Waals surface area contributed by atoms with Crippen molar-refractivity contribution in [3.05, 3.63) is 23.8 Å². The number of nitrogens with two attached hydrogens (primary N) is 1. The molecule has 1 amide bonds. The van der Waals surface area contributed by atoms with Crippen LogP contribution in [-0.4, -0.2) is 17.1 Å². The molecule has 1 rings (SSSR count). The number of hydrogen-bond donors (Lipinski definition) is 3. The van der Waals surface area contributed by atoms with Crippen LogP contribution in [0.1, 0.15) is 18.9 Å². The van der Waals surface area contributed by atoms with Crippen molar-refractivity contribution in [3.8, 4) is 5.75 Å². The summed E-state index contributed by atoms with van der Waals surface area (Å²) in [7, 11) is 0. The van der Waals surface area contributed by atoms with Gasteiger partial charge in [0, 0.05) is 0 Å². The zero-order valence-corrected chi connectivity index (χ0v) is 10.2. The Bertz CT molecular complexity index is 369. The van der Waals surface area contributed by atoms with Crippen LogP contribution in [0.15, 0.2) is 18.2 Å². The Morgan fingerprint density at radius 2 is 2.19 bits per heavy atom. The number of rotatable bonds is 3. The highest BCUT2D eigenvalue weighted by molar-refractivity contribution is 5.95. The molecule has 5 heteroatoms. The maximum atomic E-state index is 11.4. The first-order valence-corrected chi connectivity index (χ1v) is 4.90. The van der Waals surface area contributed by atoms with E-state index in [0.29, 0.717) is 12.1 Å². The molecule has 1 atom stereocenters. The van der Waals surface area contributed by atoms with Gasteiger partial charge in [-0.25, -0.2) is 0 Å². The molecule has 0 radical (unpaired) electrons. The van der Waals surface area contributed by atoms with Crippen LogP contribution in [0.25, 0.3) is 0 Å². The van der Waals surface area contributed by atoms with Gasteiger partial charge < -0.3 is 16.2 Å². The van der Waals surface area contributed by atoms with Gasteiger partial charge in [-0.3, -0.25) is 4.79 Å². The van der Waals surface area contributed by atoms with Crippen molar-refractivity contribution < 1.29 is 9.90 Å². The minimum absolute atomic E-state index is 0. The fourth-order valence-electron chi connectivity index (χ4n) is 1.16. The molecule has 1 aromatic carbocycles. The zero-order chi connectivity index (χ0) is 11.4. The number of halogens is 1. The largest absolute Gasteiger partial charge is 0.506 e. The monoisotopic (exact) mass is 244 g/mol. The van der Waals surface area contributed by atoms with E-state index in [1.807, 2.05) is 19.9 Å². The third-order valence-electron chi connectivity index (χ3n) is 2.19.